The smallest absolute Gasteiger partial charge is 0.350 e. The van der Waals surface area contributed by atoms with Crippen LogP contribution < -0.4 is 5.69 Å². The topological polar surface area (TPSA) is 96.9 Å². The molecule has 0 saturated carbocycles. The van der Waals surface area contributed by atoms with Gasteiger partial charge in [0.25, 0.3) is 0 Å². The lowest BCUT2D eigenvalue weighted by Crippen LogP contribution is -2.41. The van der Waals surface area contributed by atoms with Gasteiger partial charge in [0.2, 0.25) is 5.91 Å². The van der Waals surface area contributed by atoms with Gasteiger partial charge in [0.1, 0.15) is 6.04 Å². The van der Waals surface area contributed by atoms with Crippen LogP contribution in [0.5, 0.6) is 0 Å². The van der Waals surface area contributed by atoms with Gasteiger partial charge in [0.05, 0.1) is 6.54 Å². The van der Waals surface area contributed by atoms with Crippen molar-refractivity contribution < 1.29 is 14.7 Å². The average Bonchev–Trinajstić information content (AvgIpc) is 3.11. The lowest BCUT2D eigenvalue weighted by molar-refractivity contribution is -0.148. The number of carbonyl (C=O) groups is 2. The van der Waals surface area contributed by atoms with Crippen molar-refractivity contribution in [2.24, 2.45) is 0 Å². The Morgan fingerprint density at radius 2 is 2.18 bits per heavy atom. The monoisotopic (exact) mass is 304 g/mol. The van der Waals surface area contributed by atoms with E-state index in [9.17, 15) is 14.4 Å². The Balaban J connectivity index is 1.71. The molecule has 3 rings (SSSR count). The predicted molar refractivity (Wildman–Crippen MR) is 76.4 cm³/mol. The molecule has 1 amide bonds. The zero-order valence-electron chi connectivity index (χ0n) is 11.9. The first-order chi connectivity index (χ1) is 10.6. The highest BCUT2D eigenvalue weighted by atomic mass is 16.4. The van der Waals surface area contributed by atoms with Crippen molar-refractivity contribution in [2.75, 3.05) is 6.54 Å². The molecular weight excluding hydrogens is 288 g/mol. The number of hydrogen-bond acceptors (Lipinski definition) is 4. The van der Waals surface area contributed by atoms with Crippen LogP contribution in [-0.4, -0.2) is 48.7 Å². The molecular formula is C14H16N4O4. The van der Waals surface area contributed by atoms with Crippen LogP contribution >= 0.6 is 0 Å². The van der Waals surface area contributed by atoms with Gasteiger partial charge in [0, 0.05) is 19.2 Å². The zero-order valence-corrected chi connectivity index (χ0v) is 11.9. The van der Waals surface area contributed by atoms with Crippen molar-refractivity contribution >= 4 is 17.5 Å². The second-order valence-corrected chi connectivity index (χ2v) is 5.27. The van der Waals surface area contributed by atoms with Gasteiger partial charge in [-0.1, -0.05) is 6.07 Å². The minimum atomic E-state index is -0.976. The molecule has 8 nitrogen and oxygen atoms in total. The number of carboxylic acid groups (broad SMARTS) is 1. The predicted octanol–water partition coefficient (Wildman–Crippen LogP) is -0.0383. The Morgan fingerprint density at radius 3 is 2.91 bits per heavy atom. The van der Waals surface area contributed by atoms with Crippen LogP contribution in [0.25, 0.3) is 5.65 Å². The van der Waals surface area contributed by atoms with Crippen molar-refractivity contribution in [3.63, 3.8) is 0 Å². The summed E-state index contributed by atoms with van der Waals surface area (Å²) >= 11 is 0. The number of carboxylic acids is 1. The highest BCUT2D eigenvalue weighted by Gasteiger charge is 2.33. The van der Waals surface area contributed by atoms with Crippen molar-refractivity contribution in [2.45, 2.75) is 31.8 Å². The summed E-state index contributed by atoms with van der Waals surface area (Å²) in [5, 5.41) is 13.2. The summed E-state index contributed by atoms with van der Waals surface area (Å²) in [5.41, 5.74) is 0.212. The normalized spacial score (nSPS) is 18.0. The SMILES string of the molecule is O=C(O)C1CCCN1C(=O)CCn1nc2ccccn2c1=O. The third-order valence-corrected chi connectivity index (χ3v) is 3.88. The molecule has 0 bridgehead atoms. The Bertz CT molecular complexity index is 778. The summed E-state index contributed by atoms with van der Waals surface area (Å²) in [6, 6.07) is 4.47. The molecule has 2 aromatic rings. The Kier molecular flexibility index (Phi) is 3.66. The van der Waals surface area contributed by atoms with Crippen molar-refractivity contribution in [3.8, 4) is 0 Å². The number of pyridine rings is 1. The molecule has 0 aliphatic carbocycles. The number of hydrogen-bond donors (Lipinski definition) is 1. The summed E-state index contributed by atoms with van der Waals surface area (Å²) in [4.78, 5) is 36.7. The van der Waals surface area contributed by atoms with Gasteiger partial charge < -0.3 is 10.0 Å². The summed E-state index contributed by atoms with van der Waals surface area (Å²) in [6.07, 6.45) is 2.85. The van der Waals surface area contributed by atoms with E-state index in [4.69, 9.17) is 5.11 Å². The Hall–Kier alpha value is -2.64. The number of carbonyl (C=O) groups excluding carboxylic acids is 1. The molecule has 1 fully saturated rings. The molecule has 1 atom stereocenters. The first kappa shape index (κ1) is 14.3. The second-order valence-electron chi connectivity index (χ2n) is 5.27. The fraction of sp³-hybridized carbons (Fsp3) is 0.429. The number of aryl methyl sites for hydroxylation is 1. The number of fused-ring (bicyclic) bond motifs is 1. The maximum atomic E-state index is 12.2. The largest absolute Gasteiger partial charge is 0.480 e. The standard InChI is InChI=1S/C14H16N4O4/c19-12(16-8-3-4-10(16)13(20)21)6-9-18-14(22)17-7-2-1-5-11(17)15-18/h1-2,5,7,10H,3-4,6,8-9H2,(H,20,21). The van der Waals surface area contributed by atoms with E-state index in [2.05, 4.69) is 5.10 Å². The van der Waals surface area contributed by atoms with Crippen LogP contribution in [-0.2, 0) is 16.1 Å². The van der Waals surface area contributed by atoms with Gasteiger partial charge in [-0.3, -0.25) is 9.20 Å². The van der Waals surface area contributed by atoms with Gasteiger partial charge >= 0.3 is 11.7 Å². The molecule has 1 unspecified atom stereocenters. The molecule has 3 heterocycles. The molecule has 0 aromatic carbocycles. The fourth-order valence-electron chi connectivity index (χ4n) is 2.78. The van der Waals surface area contributed by atoms with Crippen LogP contribution in [0.15, 0.2) is 29.2 Å². The van der Waals surface area contributed by atoms with E-state index in [1.807, 2.05) is 0 Å². The van der Waals surface area contributed by atoms with Gasteiger partial charge in [-0.15, -0.1) is 5.10 Å². The second kappa shape index (κ2) is 5.63. The third kappa shape index (κ3) is 2.47. The lowest BCUT2D eigenvalue weighted by Gasteiger charge is -2.21. The first-order valence-electron chi connectivity index (χ1n) is 7.14. The van der Waals surface area contributed by atoms with Gasteiger partial charge in [-0.25, -0.2) is 14.3 Å². The van der Waals surface area contributed by atoms with E-state index < -0.39 is 12.0 Å². The number of rotatable bonds is 4. The molecule has 116 valence electrons. The maximum absolute atomic E-state index is 12.2. The molecule has 8 heteroatoms. The summed E-state index contributed by atoms with van der Waals surface area (Å²) in [7, 11) is 0. The molecule has 22 heavy (non-hydrogen) atoms. The number of likely N-dealkylation sites (tertiary alicyclic amines) is 1. The Labute approximate surface area is 125 Å². The van der Waals surface area contributed by atoms with Crippen LogP contribution in [0, 0.1) is 0 Å². The third-order valence-electron chi connectivity index (χ3n) is 3.88. The molecule has 1 aliphatic heterocycles. The van der Waals surface area contributed by atoms with Crippen molar-refractivity contribution in [1.82, 2.24) is 19.1 Å². The summed E-state index contributed by atoms with van der Waals surface area (Å²) in [6.45, 7) is 0.595. The number of nitrogens with zero attached hydrogens (tertiary/aromatic N) is 4. The van der Waals surface area contributed by atoms with Gasteiger partial charge in [-0.05, 0) is 25.0 Å². The first-order valence-corrected chi connectivity index (χ1v) is 7.14. The van der Waals surface area contributed by atoms with Crippen LogP contribution in [0.4, 0.5) is 0 Å². The van der Waals surface area contributed by atoms with Crippen molar-refractivity contribution in [3.05, 3.63) is 34.9 Å². The highest BCUT2D eigenvalue weighted by molar-refractivity contribution is 5.84. The van der Waals surface area contributed by atoms with E-state index in [1.54, 1.807) is 24.4 Å². The van der Waals surface area contributed by atoms with E-state index in [0.29, 0.717) is 25.0 Å². The zero-order chi connectivity index (χ0) is 15.7. The number of aromatic nitrogens is 3. The van der Waals surface area contributed by atoms with E-state index in [1.165, 1.54) is 14.0 Å². The molecule has 0 radical (unpaired) electrons. The highest BCUT2D eigenvalue weighted by Crippen LogP contribution is 2.18. The van der Waals surface area contributed by atoms with Gasteiger partial charge in [-0.2, -0.15) is 0 Å². The van der Waals surface area contributed by atoms with Crippen LogP contribution in [0.3, 0.4) is 0 Å². The van der Waals surface area contributed by atoms with Gasteiger partial charge in [0.15, 0.2) is 5.65 Å². The number of aliphatic carboxylic acids is 1. The van der Waals surface area contributed by atoms with E-state index in [-0.39, 0.29) is 24.6 Å². The fourth-order valence-corrected chi connectivity index (χ4v) is 2.78. The lowest BCUT2D eigenvalue weighted by atomic mass is 10.2. The van der Waals surface area contributed by atoms with Crippen LogP contribution in [0.1, 0.15) is 19.3 Å². The summed E-state index contributed by atoms with van der Waals surface area (Å²) in [5.74, 6) is -1.23. The Morgan fingerprint density at radius 1 is 1.36 bits per heavy atom. The summed E-state index contributed by atoms with van der Waals surface area (Å²) < 4.78 is 2.64. The minimum Gasteiger partial charge on any atom is -0.480 e. The maximum Gasteiger partial charge on any atom is 0.350 e. The molecule has 1 aliphatic rings. The molecule has 2 aromatic heterocycles. The number of amides is 1. The average molecular weight is 304 g/mol. The van der Waals surface area contributed by atoms with E-state index in [0.717, 1.165) is 0 Å². The molecule has 0 spiro atoms. The molecule has 1 saturated heterocycles. The van der Waals surface area contributed by atoms with Crippen LogP contribution in [0.2, 0.25) is 0 Å². The van der Waals surface area contributed by atoms with E-state index >= 15 is 0 Å². The minimum absolute atomic E-state index is 0.0631. The molecule has 1 N–H and O–H groups in total. The van der Waals surface area contributed by atoms with Crippen molar-refractivity contribution in [1.29, 1.82) is 0 Å². The quantitative estimate of drug-likeness (QED) is 0.855.